The molecule has 24 heavy (non-hydrogen) atoms. The number of likely N-dealkylation sites (tertiary alicyclic amines) is 1. The number of carbonyl (C=O) groups is 2. The fourth-order valence-corrected chi connectivity index (χ4v) is 4.30. The molecule has 0 radical (unpaired) electrons. The van der Waals surface area contributed by atoms with Gasteiger partial charge in [0.1, 0.15) is 0 Å². The van der Waals surface area contributed by atoms with E-state index in [-0.39, 0.29) is 17.7 Å². The molecule has 4 nitrogen and oxygen atoms in total. The maximum absolute atomic E-state index is 12.7. The van der Waals surface area contributed by atoms with E-state index in [1.807, 2.05) is 4.90 Å². The van der Waals surface area contributed by atoms with Gasteiger partial charge in [-0.1, -0.05) is 24.3 Å². The van der Waals surface area contributed by atoms with Gasteiger partial charge in [-0.25, -0.2) is 0 Å². The highest BCUT2D eigenvalue weighted by Gasteiger charge is 2.33. The molecule has 1 aliphatic heterocycles. The second-order valence-corrected chi connectivity index (χ2v) is 7.34. The van der Waals surface area contributed by atoms with Gasteiger partial charge < -0.3 is 10.0 Å². The summed E-state index contributed by atoms with van der Waals surface area (Å²) in [5.41, 5.74) is 2.76. The first-order chi connectivity index (χ1) is 11.6. The lowest BCUT2D eigenvalue weighted by atomic mass is 9.80. The van der Waals surface area contributed by atoms with Gasteiger partial charge in [-0.2, -0.15) is 0 Å². The van der Waals surface area contributed by atoms with Gasteiger partial charge in [-0.05, 0) is 62.5 Å². The predicted octanol–water partition coefficient (Wildman–Crippen LogP) is 3.59. The Morgan fingerprint density at radius 3 is 2.12 bits per heavy atom. The van der Waals surface area contributed by atoms with E-state index in [9.17, 15) is 9.59 Å². The number of amides is 1. The Morgan fingerprint density at radius 2 is 1.54 bits per heavy atom. The SMILES string of the molecule is Cc1ccccc1C1CCN(C(=O)C2CCC(C(=O)O)CC2)CC1. The maximum atomic E-state index is 12.7. The smallest absolute Gasteiger partial charge is 0.306 e. The van der Waals surface area contributed by atoms with E-state index in [1.165, 1.54) is 11.1 Å². The molecule has 3 rings (SSSR count). The molecule has 0 spiro atoms. The minimum absolute atomic E-state index is 0.0376. The minimum atomic E-state index is -0.708. The van der Waals surface area contributed by atoms with Crippen LogP contribution < -0.4 is 0 Å². The van der Waals surface area contributed by atoms with Gasteiger partial charge in [0.15, 0.2) is 0 Å². The number of hydrogen-bond acceptors (Lipinski definition) is 2. The molecule has 1 heterocycles. The molecule has 2 fully saturated rings. The number of carboxylic acid groups (broad SMARTS) is 1. The normalized spacial score (nSPS) is 25.5. The van der Waals surface area contributed by atoms with E-state index in [4.69, 9.17) is 5.11 Å². The highest BCUT2D eigenvalue weighted by atomic mass is 16.4. The monoisotopic (exact) mass is 329 g/mol. The third kappa shape index (κ3) is 3.63. The van der Waals surface area contributed by atoms with E-state index in [2.05, 4.69) is 31.2 Å². The van der Waals surface area contributed by atoms with Crippen LogP contribution in [-0.4, -0.2) is 35.0 Å². The van der Waals surface area contributed by atoms with Crippen LogP contribution in [0, 0.1) is 18.8 Å². The van der Waals surface area contributed by atoms with E-state index < -0.39 is 5.97 Å². The van der Waals surface area contributed by atoms with E-state index >= 15 is 0 Å². The average Bonchev–Trinajstić information content (AvgIpc) is 2.62. The summed E-state index contributed by atoms with van der Waals surface area (Å²) in [6.07, 6.45) is 4.81. The molecule has 2 aliphatic rings. The Kier molecular flexibility index (Phi) is 5.22. The van der Waals surface area contributed by atoms with Crippen molar-refractivity contribution in [1.82, 2.24) is 4.90 Å². The first-order valence-electron chi connectivity index (χ1n) is 9.13. The Morgan fingerprint density at radius 1 is 0.958 bits per heavy atom. The maximum Gasteiger partial charge on any atom is 0.306 e. The lowest BCUT2D eigenvalue weighted by Crippen LogP contribution is -2.42. The summed E-state index contributed by atoms with van der Waals surface area (Å²) in [7, 11) is 0. The fourth-order valence-electron chi connectivity index (χ4n) is 4.30. The number of aliphatic carboxylic acids is 1. The standard InChI is InChI=1S/C20H27NO3/c1-14-4-2-3-5-18(14)15-10-12-21(13-11-15)19(22)16-6-8-17(9-7-16)20(23)24/h2-5,15-17H,6-13H2,1H3,(H,23,24). The van der Waals surface area contributed by atoms with E-state index in [0.29, 0.717) is 18.8 Å². The predicted molar refractivity (Wildman–Crippen MR) is 92.8 cm³/mol. The first kappa shape index (κ1) is 17.0. The van der Waals surface area contributed by atoms with Crippen LogP contribution in [-0.2, 0) is 9.59 Å². The van der Waals surface area contributed by atoms with Gasteiger partial charge >= 0.3 is 5.97 Å². The summed E-state index contributed by atoms with van der Waals surface area (Å²) in [6.45, 7) is 3.82. The van der Waals surface area contributed by atoms with Crippen molar-refractivity contribution in [2.75, 3.05) is 13.1 Å². The van der Waals surface area contributed by atoms with Crippen molar-refractivity contribution in [3.8, 4) is 0 Å². The van der Waals surface area contributed by atoms with Gasteiger partial charge in [0.25, 0.3) is 0 Å². The zero-order valence-electron chi connectivity index (χ0n) is 14.4. The van der Waals surface area contributed by atoms with Crippen LogP contribution in [0.1, 0.15) is 55.6 Å². The first-order valence-corrected chi connectivity index (χ1v) is 9.13. The average molecular weight is 329 g/mol. The number of carboxylic acids is 1. The number of piperidine rings is 1. The van der Waals surface area contributed by atoms with Crippen LogP contribution in [0.25, 0.3) is 0 Å². The summed E-state index contributed by atoms with van der Waals surface area (Å²) in [5, 5.41) is 9.08. The van der Waals surface area contributed by atoms with Crippen molar-refractivity contribution < 1.29 is 14.7 Å². The summed E-state index contributed by atoms with van der Waals surface area (Å²) in [5.74, 6) is -0.114. The lowest BCUT2D eigenvalue weighted by molar-refractivity contribution is -0.146. The molecule has 0 bridgehead atoms. The number of rotatable bonds is 3. The fraction of sp³-hybridized carbons (Fsp3) is 0.600. The Hall–Kier alpha value is -1.84. The van der Waals surface area contributed by atoms with Gasteiger partial charge in [-0.15, -0.1) is 0 Å². The molecule has 1 amide bonds. The molecule has 4 heteroatoms. The van der Waals surface area contributed by atoms with Crippen LogP contribution in [0.15, 0.2) is 24.3 Å². The molecule has 1 N–H and O–H groups in total. The second-order valence-electron chi connectivity index (χ2n) is 7.34. The molecule has 1 aliphatic carbocycles. The zero-order valence-corrected chi connectivity index (χ0v) is 14.4. The zero-order chi connectivity index (χ0) is 17.1. The number of benzene rings is 1. The van der Waals surface area contributed by atoms with Crippen LogP contribution in [0.4, 0.5) is 0 Å². The van der Waals surface area contributed by atoms with Crippen molar-refractivity contribution in [2.45, 2.75) is 51.4 Å². The van der Waals surface area contributed by atoms with Crippen molar-refractivity contribution >= 4 is 11.9 Å². The number of carbonyl (C=O) groups excluding carboxylic acids is 1. The van der Waals surface area contributed by atoms with Crippen LogP contribution in [0.2, 0.25) is 0 Å². The topological polar surface area (TPSA) is 57.6 Å². The lowest BCUT2D eigenvalue weighted by Gasteiger charge is -2.36. The van der Waals surface area contributed by atoms with Gasteiger partial charge in [0.05, 0.1) is 5.92 Å². The molecule has 0 aromatic heterocycles. The van der Waals surface area contributed by atoms with Crippen molar-refractivity contribution in [2.24, 2.45) is 11.8 Å². The van der Waals surface area contributed by atoms with Crippen LogP contribution >= 0.6 is 0 Å². The Bertz CT molecular complexity index is 597. The molecular weight excluding hydrogens is 302 g/mol. The summed E-state index contributed by atoms with van der Waals surface area (Å²) < 4.78 is 0. The van der Waals surface area contributed by atoms with Gasteiger partial charge in [-0.3, -0.25) is 9.59 Å². The Balaban J connectivity index is 1.52. The Labute approximate surface area is 143 Å². The minimum Gasteiger partial charge on any atom is -0.481 e. The highest BCUT2D eigenvalue weighted by molar-refractivity contribution is 5.79. The van der Waals surface area contributed by atoms with Gasteiger partial charge in [0.2, 0.25) is 5.91 Å². The van der Waals surface area contributed by atoms with Crippen molar-refractivity contribution in [3.63, 3.8) is 0 Å². The van der Waals surface area contributed by atoms with Crippen molar-refractivity contribution in [3.05, 3.63) is 35.4 Å². The summed E-state index contributed by atoms with van der Waals surface area (Å²) >= 11 is 0. The summed E-state index contributed by atoms with van der Waals surface area (Å²) in [6, 6.07) is 8.55. The third-order valence-corrected chi connectivity index (χ3v) is 5.86. The van der Waals surface area contributed by atoms with Crippen LogP contribution in [0.3, 0.4) is 0 Å². The van der Waals surface area contributed by atoms with Crippen LogP contribution in [0.5, 0.6) is 0 Å². The molecule has 0 atom stereocenters. The van der Waals surface area contributed by atoms with Crippen molar-refractivity contribution in [1.29, 1.82) is 0 Å². The molecule has 0 unspecified atom stereocenters. The quantitative estimate of drug-likeness (QED) is 0.922. The second kappa shape index (κ2) is 7.37. The highest BCUT2D eigenvalue weighted by Crippen LogP contribution is 2.34. The molecule has 130 valence electrons. The largest absolute Gasteiger partial charge is 0.481 e. The molecule has 1 saturated heterocycles. The number of nitrogens with zero attached hydrogens (tertiary/aromatic N) is 1. The molecule has 1 saturated carbocycles. The number of hydrogen-bond donors (Lipinski definition) is 1. The van der Waals surface area contributed by atoms with E-state index in [0.717, 1.165) is 38.8 Å². The summed E-state index contributed by atoms with van der Waals surface area (Å²) in [4.78, 5) is 25.8. The molecular formula is C20H27NO3. The molecule has 1 aromatic carbocycles. The number of aryl methyl sites for hydroxylation is 1. The third-order valence-electron chi connectivity index (χ3n) is 5.86. The molecule has 1 aromatic rings. The van der Waals surface area contributed by atoms with E-state index in [1.54, 1.807) is 0 Å². The van der Waals surface area contributed by atoms with Gasteiger partial charge in [0, 0.05) is 19.0 Å².